The number of carbonyl (C=O) groups excluding carboxylic acids is 1. The quantitative estimate of drug-likeness (QED) is 0.753. The number of hydrogen-bond acceptors (Lipinski definition) is 4. The Balaban J connectivity index is 2.03. The van der Waals surface area contributed by atoms with Crippen LogP contribution in [0.15, 0.2) is 47.4 Å². The van der Waals surface area contributed by atoms with E-state index in [0.717, 1.165) is 5.56 Å². The Kier molecular flexibility index (Phi) is 6.63. The summed E-state index contributed by atoms with van der Waals surface area (Å²) >= 11 is 6.04. The molecule has 1 atom stereocenters. The van der Waals surface area contributed by atoms with Gasteiger partial charge in [-0.2, -0.15) is 4.72 Å². The highest BCUT2D eigenvalue weighted by molar-refractivity contribution is 7.89. The number of halogens is 1. The maximum atomic E-state index is 12.5. The van der Waals surface area contributed by atoms with E-state index in [1.165, 1.54) is 26.2 Å². The number of hydrogen-bond donors (Lipinski definition) is 2. The summed E-state index contributed by atoms with van der Waals surface area (Å²) in [6.07, 6.45) is 0. The van der Waals surface area contributed by atoms with Crippen molar-refractivity contribution in [2.75, 3.05) is 7.11 Å². The molecule has 0 radical (unpaired) electrons. The van der Waals surface area contributed by atoms with Gasteiger partial charge in [0.05, 0.1) is 18.0 Å². The van der Waals surface area contributed by atoms with E-state index in [0.29, 0.717) is 16.3 Å². The highest BCUT2D eigenvalue weighted by Crippen LogP contribution is 2.21. The van der Waals surface area contributed by atoms with Crippen molar-refractivity contribution >= 4 is 27.5 Å². The number of aryl methyl sites for hydroxylation is 1. The molecular formula is C18H21ClN2O4S. The highest BCUT2D eigenvalue weighted by atomic mass is 35.5. The van der Waals surface area contributed by atoms with Crippen LogP contribution in [0.5, 0.6) is 5.75 Å². The van der Waals surface area contributed by atoms with Gasteiger partial charge in [0.15, 0.2) is 0 Å². The normalized spacial score (nSPS) is 12.5. The number of amides is 1. The molecule has 0 fully saturated rings. The summed E-state index contributed by atoms with van der Waals surface area (Å²) in [5, 5.41) is 3.21. The molecule has 0 heterocycles. The fraction of sp³-hybridized carbons (Fsp3) is 0.278. The molecule has 0 aliphatic heterocycles. The number of benzene rings is 2. The zero-order valence-corrected chi connectivity index (χ0v) is 16.3. The third kappa shape index (κ3) is 4.97. The zero-order valence-electron chi connectivity index (χ0n) is 14.7. The summed E-state index contributed by atoms with van der Waals surface area (Å²) in [7, 11) is -2.32. The van der Waals surface area contributed by atoms with Crippen LogP contribution >= 0.6 is 11.6 Å². The summed E-state index contributed by atoms with van der Waals surface area (Å²) in [6, 6.07) is 10.7. The van der Waals surface area contributed by atoms with Crippen LogP contribution in [-0.4, -0.2) is 27.5 Å². The highest BCUT2D eigenvalue weighted by Gasteiger charge is 2.22. The lowest BCUT2D eigenvalue weighted by Crippen LogP contribution is -2.44. The van der Waals surface area contributed by atoms with Crippen molar-refractivity contribution in [1.82, 2.24) is 10.0 Å². The van der Waals surface area contributed by atoms with E-state index >= 15 is 0 Å². The van der Waals surface area contributed by atoms with Crippen LogP contribution in [0, 0.1) is 6.92 Å². The van der Waals surface area contributed by atoms with Crippen molar-refractivity contribution in [3.63, 3.8) is 0 Å². The molecule has 2 rings (SSSR count). The second kappa shape index (κ2) is 8.53. The predicted octanol–water partition coefficient (Wildman–Crippen LogP) is 2.64. The maximum absolute atomic E-state index is 12.5. The maximum Gasteiger partial charge on any atom is 0.241 e. The second-order valence-corrected chi connectivity index (χ2v) is 7.90. The molecule has 0 spiro atoms. The van der Waals surface area contributed by atoms with Crippen LogP contribution in [0.25, 0.3) is 0 Å². The molecular weight excluding hydrogens is 376 g/mol. The van der Waals surface area contributed by atoms with Crippen molar-refractivity contribution < 1.29 is 17.9 Å². The molecule has 8 heteroatoms. The second-order valence-electron chi connectivity index (χ2n) is 5.78. The van der Waals surface area contributed by atoms with Crippen LogP contribution in [0.1, 0.15) is 18.1 Å². The van der Waals surface area contributed by atoms with E-state index in [2.05, 4.69) is 10.0 Å². The van der Waals surface area contributed by atoms with Crippen LogP contribution in [0.2, 0.25) is 5.02 Å². The number of methoxy groups -OCH3 is 1. The van der Waals surface area contributed by atoms with E-state index in [1.54, 1.807) is 31.2 Å². The van der Waals surface area contributed by atoms with Gasteiger partial charge in [-0.25, -0.2) is 8.42 Å². The average molecular weight is 397 g/mol. The summed E-state index contributed by atoms with van der Waals surface area (Å²) in [5.74, 6) is 0.146. The first-order valence-corrected chi connectivity index (χ1v) is 9.79. The minimum Gasteiger partial charge on any atom is -0.496 e. The van der Waals surface area contributed by atoms with Gasteiger partial charge in [0, 0.05) is 11.6 Å². The van der Waals surface area contributed by atoms with Crippen LogP contribution in [-0.2, 0) is 21.4 Å². The Morgan fingerprint density at radius 3 is 2.54 bits per heavy atom. The Morgan fingerprint density at radius 1 is 1.23 bits per heavy atom. The minimum absolute atomic E-state index is 0.0709. The molecule has 26 heavy (non-hydrogen) atoms. The SMILES string of the molecule is COc1ccc(S(=O)(=O)N[C@H](C)C(=O)NCc2ccccc2Cl)cc1C. The van der Waals surface area contributed by atoms with Crippen molar-refractivity contribution in [3.05, 3.63) is 58.6 Å². The van der Waals surface area contributed by atoms with Crippen LogP contribution in [0.4, 0.5) is 0 Å². The number of carbonyl (C=O) groups is 1. The largest absolute Gasteiger partial charge is 0.496 e. The molecule has 2 aromatic rings. The topological polar surface area (TPSA) is 84.5 Å². The number of sulfonamides is 1. The van der Waals surface area contributed by atoms with Gasteiger partial charge in [0.1, 0.15) is 5.75 Å². The van der Waals surface area contributed by atoms with E-state index in [-0.39, 0.29) is 11.4 Å². The van der Waals surface area contributed by atoms with Gasteiger partial charge in [-0.3, -0.25) is 4.79 Å². The predicted molar refractivity (Wildman–Crippen MR) is 101 cm³/mol. The van der Waals surface area contributed by atoms with Crippen molar-refractivity contribution in [2.45, 2.75) is 31.3 Å². The molecule has 140 valence electrons. The first-order chi connectivity index (χ1) is 12.2. The van der Waals surface area contributed by atoms with Crippen molar-refractivity contribution in [3.8, 4) is 5.75 Å². The van der Waals surface area contributed by atoms with Gasteiger partial charge in [-0.05, 0) is 49.2 Å². The summed E-state index contributed by atoms with van der Waals surface area (Å²) in [4.78, 5) is 12.3. The third-order valence-electron chi connectivity index (χ3n) is 3.81. The van der Waals surface area contributed by atoms with Crippen molar-refractivity contribution in [2.24, 2.45) is 0 Å². The lowest BCUT2D eigenvalue weighted by atomic mass is 10.2. The monoisotopic (exact) mass is 396 g/mol. The van der Waals surface area contributed by atoms with Crippen LogP contribution < -0.4 is 14.8 Å². The van der Waals surface area contributed by atoms with E-state index < -0.39 is 22.0 Å². The minimum atomic E-state index is -3.84. The Bertz CT molecular complexity index is 900. The lowest BCUT2D eigenvalue weighted by Gasteiger charge is -2.15. The van der Waals surface area contributed by atoms with Gasteiger partial charge in [0.25, 0.3) is 0 Å². The van der Waals surface area contributed by atoms with Crippen LogP contribution in [0.3, 0.4) is 0 Å². The molecule has 0 aliphatic carbocycles. The van der Waals surface area contributed by atoms with Gasteiger partial charge in [0.2, 0.25) is 15.9 Å². The van der Waals surface area contributed by atoms with E-state index in [9.17, 15) is 13.2 Å². The number of nitrogens with one attached hydrogen (secondary N) is 2. The molecule has 1 amide bonds. The summed E-state index contributed by atoms with van der Waals surface area (Å²) in [6.45, 7) is 3.44. The molecule has 0 saturated heterocycles. The molecule has 2 aromatic carbocycles. The van der Waals surface area contributed by atoms with E-state index in [4.69, 9.17) is 16.3 Å². The zero-order chi connectivity index (χ0) is 19.3. The third-order valence-corrected chi connectivity index (χ3v) is 5.72. The van der Waals surface area contributed by atoms with Crippen molar-refractivity contribution in [1.29, 1.82) is 0 Å². The van der Waals surface area contributed by atoms with Gasteiger partial charge in [-0.15, -0.1) is 0 Å². The fourth-order valence-corrected chi connectivity index (χ4v) is 3.84. The van der Waals surface area contributed by atoms with Gasteiger partial charge in [-0.1, -0.05) is 29.8 Å². The molecule has 0 bridgehead atoms. The molecule has 0 unspecified atom stereocenters. The Labute approximate surface area is 158 Å². The summed E-state index contributed by atoms with van der Waals surface area (Å²) < 4.78 is 32.4. The number of ether oxygens (including phenoxy) is 1. The molecule has 2 N–H and O–H groups in total. The molecule has 6 nitrogen and oxygen atoms in total. The first-order valence-electron chi connectivity index (χ1n) is 7.92. The Hall–Kier alpha value is -2.09. The lowest BCUT2D eigenvalue weighted by molar-refractivity contribution is -0.122. The first kappa shape index (κ1) is 20.2. The molecule has 0 saturated carbocycles. The fourth-order valence-electron chi connectivity index (χ4n) is 2.35. The average Bonchev–Trinajstić information content (AvgIpc) is 2.60. The Morgan fingerprint density at radius 2 is 1.92 bits per heavy atom. The molecule has 0 aromatic heterocycles. The molecule has 0 aliphatic rings. The van der Waals surface area contributed by atoms with E-state index in [1.807, 2.05) is 6.07 Å². The van der Waals surface area contributed by atoms with Gasteiger partial charge >= 0.3 is 0 Å². The standard InChI is InChI=1S/C18H21ClN2O4S/c1-12-10-15(8-9-17(12)25-3)26(23,24)21-13(2)18(22)20-11-14-6-4-5-7-16(14)19/h4-10,13,21H,11H2,1-3H3,(H,20,22)/t13-/m1/s1. The smallest absolute Gasteiger partial charge is 0.241 e. The summed E-state index contributed by atoms with van der Waals surface area (Å²) in [5.41, 5.74) is 1.44. The van der Waals surface area contributed by atoms with Gasteiger partial charge < -0.3 is 10.1 Å². The number of rotatable bonds is 7.